The summed E-state index contributed by atoms with van der Waals surface area (Å²) in [7, 11) is 1.18. The van der Waals surface area contributed by atoms with E-state index in [1.807, 2.05) is 24.3 Å². The zero-order valence-electron chi connectivity index (χ0n) is 23.8. The van der Waals surface area contributed by atoms with Crippen LogP contribution in [0.5, 0.6) is 0 Å². The van der Waals surface area contributed by atoms with E-state index in [4.69, 9.17) is 14.2 Å². The molecular weight excluding hydrogens is 556 g/mol. The van der Waals surface area contributed by atoms with Crippen molar-refractivity contribution in [3.8, 4) is 0 Å². The van der Waals surface area contributed by atoms with Crippen LogP contribution in [0.25, 0.3) is 6.08 Å². The van der Waals surface area contributed by atoms with Crippen molar-refractivity contribution in [3.63, 3.8) is 0 Å². The van der Waals surface area contributed by atoms with Gasteiger partial charge in [0.15, 0.2) is 0 Å². The highest BCUT2D eigenvalue weighted by atomic mass is 16.6. The van der Waals surface area contributed by atoms with Crippen LogP contribution in [0, 0.1) is 10.1 Å². The number of para-hydroxylation sites is 1. The summed E-state index contributed by atoms with van der Waals surface area (Å²) in [5, 5.41) is 14.8. The summed E-state index contributed by atoms with van der Waals surface area (Å²) in [5.74, 6) is -2.48. The third-order valence-electron chi connectivity index (χ3n) is 6.71. The van der Waals surface area contributed by atoms with Gasteiger partial charge in [-0.2, -0.15) is 0 Å². The molecule has 12 nitrogen and oxygen atoms in total. The number of benzene rings is 2. The Bertz CT molecular complexity index is 1600. The van der Waals surface area contributed by atoms with E-state index in [1.54, 1.807) is 38.4 Å². The van der Waals surface area contributed by atoms with E-state index < -0.39 is 28.7 Å². The highest BCUT2D eigenvalue weighted by molar-refractivity contribution is 6.00. The Morgan fingerprint density at radius 3 is 2.30 bits per heavy atom. The molecule has 1 aromatic heterocycles. The molecule has 3 aromatic rings. The second kappa shape index (κ2) is 13.9. The van der Waals surface area contributed by atoms with Crippen molar-refractivity contribution in [1.29, 1.82) is 0 Å². The number of allylic oxidation sites excluding steroid dienone is 2. The average molecular weight is 587 g/mol. The number of dihydropyridines is 1. The van der Waals surface area contributed by atoms with Crippen molar-refractivity contribution >= 4 is 29.7 Å². The molecule has 222 valence electrons. The maximum Gasteiger partial charge on any atom is 0.336 e. The summed E-state index contributed by atoms with van der Waals surface area (Å²) >= 11 is 0. The third-order valence-corrected chi connectivity index (χ3v) is 6.71. The van der Waals surface area contributed by atoms with Crippen LogP contribution in [-0.4, -0.2) is 53.1 Å². The number of nitro benzene ring substituents is 1. The number of aromatic amines is 1. The van der Waals surface area contributed by atoms with Gasteiger partial charge in [-0.3, -0.25) is 10.1 Å². The van der Waals surface area contributed by atoms with Crippen molar-refractivity contribution in [3.05, 3.63) is 122 Å². The minimum atomic E-state index is -1.13. The van der Waals surface area contributed by atoms with E-state index in [1.165, 1.54) is 31.4 Å². The lowest BCUT2D eigenvalue weighted by Crippen LogP contribution is -2.33. The van der Waals surface area contributed by atoms with Crippen molar-refractivity contribution in [2.24, 2.45) is 0 Å². The van der Waals surface area contributed by atoms with Gasteiger partial charge in [0.2, 0.25) is 0 Å². The van der Waals surface area contributed by atoms with Crippen molar-refractivity contribution in [2.75, 3.05) is 20.3 Å². The Hall–Kier alpha value is -5.52. The Balaban J connectivity index is 1.39. The first kappa shape index (κ1) is 30.4. The molecule has 0 bridgehead atoms. The second-order valence-electron chi connectivity index (χ2n) is 9.53. The molecule has 12 heteroatoms. The maximum absolute atomic E-state index is 13.3. The monoisotopic (exact) mass is 586 g/mol. The number of hydrogen-bond acceptors (Lipinski definition) is 10. The van der Waals surface area contributed by atoms with Crippen molar-refractivity contribution < 1.29 is 33.5 Å². The van der Waals surface area contributed by atoms with E-state index in [0.29, 0.717) is 17.8 Å². The fraction of sp³-hybridized carbons (Fsp3) is 0.226. The zero-order chi connectivity index (χ0) is 30.9. The number of methoxy groups -OCH3 is 1. The van der Waals surface area contributed by atoms with Gasteiger partial charge in [-0.1, -0.05) is 42.5 Å². The average Bonchev–Trinajstić information content (AvgIpc) is 3.51. The Labute approximate surface area is 247 Å². The fourth-order valence-corrected chi connectivity index (χ4v) is 4.76. The van der Waals surface area contributed by atoms with E-state index >= 15 is 0 Å². The van der Waals surface area contributed by atoms with Crippen LogP contribution in [0.1, 0.15) is 42.3 Å². The van der Waals surface area contributed by atoms with Crippen LogP contribution in [0.2, 0.25) is 0 Å². The van der Waals surface area contributed by atoms with E-state index in [2.05, 4.69) is 15.3 Å². The van der Waals surface area contributed by atoms with Crippen molar-refractivity contribution in [1.82, 2.24) is 15.3 Å². The zero-order valence-corrected chi connectivity index (χ0v) is 23.8. The molecule has 2 N–H and O–H groups in total. The molecule has 0 saturated heterocycles. The molecule has 2 heterocycles. The lowest BCUT2D eigenvalue weighted by atomic mass is 9.79. The van der Waals surface area contributed by atoms with Crippen molar-refractivity contribution in [2.45, 2.75) is 26.2 Å². The summed E-state index contributed by atoms with van der Waals surface area (Å²) in [6.07, 6.45) is 6.99. The van der Waals surface area contributed by atoms with Crippen LogP contribution >= 0.6 is 0 Å². The molecule has 0 aliphatic carbocycles. The van der Waals surface area contributed by atoms with Gasteiger partial charge in [0, 0.05) is 47.9 Å². The number of carbonyl (C=O) groups excluding carboxylic acids is 3. The smallest absolute Gasteiger partial charge is 0.336 e. The van der Waals surface area contributed by atoms with Gasteiger partial charge in [0.1, 0.15) is 19.0 Å². The normalized spacial score (nSPS) is 14.8. The quantitative estimate of drug-likeness (QED) is 0.0835. The number of nitro groups is 1. The lowest BCUT2D eigenvalue weighted by molar-refractivity contribution is -0.385. The molecule has 0 fully saturated rings. The van der Waals surface area contributed by atoms with Gasteiger partial charge < -0.3 is 24.5 Å². The number of nitrogens with one attached hydrogen (secondary N) is 2. The molecule has 1 aliphatic rings. The van der Waals surface area contributed by atoms with Crippen LogP contribution in [0.3, 0.4) is 0 Å². The topological polar surface area (TPSA) is 163 Å². The molecule has 4 rings (SSSR count). The number of imidazole rings is 1. The predicted molar refractivity (Wildman–Crippen MR) is 155 cm³/mol. The van der Waals surface area contributed by atoms with Crippen LogP contribution < -0.4 is 5.32 Å². The van der Waals surface area contributed by atoms with E-state index in [0.717, 1.165) is 17.0 Å². The summed E-state index contributed by atoms with van der Waals surface area (Å²) in [5.41, 5.74) is 2.50. The number of ether oxygens (including phenoxy) is 3. The number of hydrogen-bond donors (Lipinski definition) is 2. The molecule has 1 aliphatic heterocycles. The highest BCUT2D eigenvalue weighted by Gasteiger charge is 2.40. The van der Waals surface area contributed by atoms with Gasteiger partial charge in [0.05, 0.1) is 29.1 Å². The van der Waals surface area contributed by atoms with E-state index in [-0.39, 0.29) is 35.6 Å². The summed E-state index contributed by atoms with van der Waals surface area (Å²) in [6, 6.07) is 13.4. The van der Waals surface area contributed by atoms with Crippen LogP contribution in [-0.2, 0) is 35.0 Å². The SMILES string of the molecule is COC(=O)C1=C(C)NC(C)=C(C(=O)OCCOC(=O)C=Cc2ccc(Cc3ncc[nH]3)cc2)C1c1ccccc1[N+](=O)[O-]. The van der Waals surface area contributed by atoms with Gasteiger partial charge in [0.25, 0.3) is 5.69 Å². The third kappa shape index (κ3) is 7.41. The van der Waals surface area contributed by atoms with E-state index in [9.17, 15) is 24.5 Å². The number of H-pyrrole nitrogens is 1. The molecule has 0 amide bonds. The molecule has 2 aromatic carbocycles. The van der Waals surface area contributed by atoms with Gasteiger partial charge in [-0.05, 0) is 31.1 Å². The molecule has 0 saturated carbocycles. The molecule has 0 spiro atoms. The minimum Gasteiger partial charge on any atom is -0.466 e. The first-order valence-corrected chi connectivity index (χ1v) is 13.3. The van der Waals surface area contributed by atoms with Crippen LogP contribution in [0.4, 0.5) is 5.69 Å². The minimum absolute atomic E-state index is 0.00187. The standard InChI is InChI=1S/C31H30N4O8/c1-19-27(30(37)41-3)29(23-6-4-5-7-24(23)35(39)40)28(20(2)34-19)31(38)43-17-16-42-26(36)13-12-21-8-10-22(11-9-21)18-25-32-14-15-33-25/h4-15,29,34H,16-18H2,1-3H3,(H,32,33). The molecule has 1 unspecified atom stereocenters. The lowest BCUT2D eigenvalue weighted by Gasteiger charge is -2.30. The fourth-order valence-electron chi connectivity index (χ4n) is 4.76. The van der Waals surface area contributed by atoms with Gasteiger partial charge in [-0.15, -0.1) is 0 Å². The number of carbonyl (C=O) groups is 3. The number of aromatic nitrogens is 2. The van der Waals surface area contributed by atoms with Gasteiger partial charge >= 0.3 is 17.9 Å². The van der Waals surface area contributed by atoms with Gasteiger partial charge in [-0.25, -0.2) is 19.4 Å². The second-order valence-corrected chi connectivity index (χ2v) is 9.53. The number of nitrogens with zero attached hydrogens (tertiary/aromatic N) is 2. The summed E-state index contributed by atoms with van der Waals surface area (Å²) in [4.78, 5) is 56.8. The molecule has 0 radical (unpaired) electrons. The first-order chi connectivity index (χ1) is 20.7. The largest absolute Gasteiger partial charge is 0.466 e. The first-order valence-electron chi connectivity index (χ1n) is 13.3. The molecular formula is C31H30N4O8. The highest BCUT2D eigenvalue weighted by Crippen LogP contribution is 2.42. The summed E-state index contributed by atoms with van der Waals surface area (Å²) < 4.78 is 15.5. The summed E-state index contributed by atoms with van der Waals surface area (Å²) in [6.45, 7) is 2.70. The maximum atomic E-state index is 13.3. The number of esters is 3. The Morgan fingerprint density at radius 2 is 1.65 bits per heavy atom. The van der Waals surface area contributed by atoms with Crippen LogP contribution in [0.15, 0.2) is 89.5 Å². The Kier molecular flexibility index (Phi) is 9.84. The Morgan fingerprint density at radius 1 is 0.977 bits per heavy atom. The molecule has 1 atom stereocenters. The number of rotatable bonds is 11. The predicted octanol–water partition coefficient (Wildman–Crippen LogP) is 4.12. The molecule has 43 heavy (non-hydrogen) atoms.